The van der Waals surface area contributed by atoms with Gasteiger partial charge in [0.05, 0.1) is 11.3 Å². The smallest absolute Gasteiger partial charge is 0.259 e. The molecule has 2 aromatic heterocycles. The number of benzene rings is 2. The van der Waals surface area contributed by atoms with Crippen LogP contribution in [0.1, 0.15) is 15.9 Å². The fourth-order valence-corrected chi connectivity index (χ4v) is 2.83. The summed E-state index contributed by atoms with van der Waals surface area (Å²) in [6.07, 6.45) is 1.73. The maximum Gasteiger partial charge on any atom is 0.259 e. The lowest BCUT2D eigenvalue weighted by Gasteiger charge is -2.09. The minimum Gasteiger partial charge on any atom is -0.506 e. The van der Waals surface area contributed by atoms with Crippen molar-refractivity contribution >= 4 is 17.2 Å². The Labute approximate surface area is 153 Å². The average molecular weight is 362 g/mol. The van der Waals surface area contributed by atoms with Crippen molar-refractivity contribution in [2.24, 2.45) is 0 Å². The van der Waals surface area contributed by atoms with Crippen LogP contribution in [0.3, 0.4) is 0 Å². The second-order valence-corrected chi connectivity index (χ2v) is 6.12. The summed E-state index contributed by atoms with van der Waals surface area (Å²) in [5.41, 5.74) is 2.54. The van der Waals surface area contributed by atoms with E-state index in [0.717, 1.165) is 5.56 Å². The number of hydrogen-bond acceptors (Lipinski definition) is 4. The molecule has 2 heterocycles. The number of aromatic hydroxyl groups is 1. The number of phenolic OH excluding ortho intramolecular Hbond substituents is 1. The molecule has 4 aromatic rings. The Hall–Kier alpha value is -3.74. The third-order valence-corrected chi connectivity index (χ3v) is 4.18. The van der Waals surface area contributed by atoms with Crippen LogP contribution in [0.25, 0.3) is 17.0 Å². The van der Waals surface area contributed by atoms with Crippen molar-refractivity contribution in [2.75, 3.05) is 5.32 Å². The van der Waals surface area contributed by atoms with E-state index in [-0.39, 0.29) is 11.6 Å². The van der Waals surface area contributed by atoms with E-state index in [4.69, 9.17) is 0 Å². The maximum absolute atomic E-state index is 13.2. The summed E-state index contributed by atoms with van der Waals surface area (Å²) in [6.45, 7) is 1.85. The minimum absolute atomic E-state index is 0.0104. The summed E-state index contributed by atoms with van der Waals surface area (Å²) in [7, 11) is 0. The van der Waals surface area contributed by atoms with Crippen LogP contribution < -0.4 is 5.32 Å². The van der Waals surface area contributed by atoms with E-state index in [1.165, 1.54) is 12.1 Å². The number of anilines is 1. The zero-order chi connectivity index (χ0) is 19.0. The summed E-state index contributed by atoms with van der Waals surface area (Å²) >= 11 is 0. The predicted molar refractivity (Wildman–Crippen MR) is 99.2 cm³/mol. The molecular weight excluding hydrogens is 347 g/mol. The number of carbonyl (C=O) groups excluding carboxylic acids is 1. The van der Waals surface area contributed by atoms with Gasteiger partial charge in [-0.2, -0.15) is 0 Å². The number of fused-ring (bicyclic) bond motifs is 1. The Bertz CT molecular complexity index is 1150. The number of halogens is 1. The van der Waals surface area contributed by atoms with Crippen molar-refractivity contribution in [3.8, 4) is 17.1 Å². The lowest BCUT2D eigenvalue weighted by Crippen LogP contribution is -2.13. The fourth-order valence-electron chi connectivity index (χ4n) is 2.83. The molecule has 0 atom stereocenters. The summed E-state index contributed by atoms with van der Waals surface area (Å²) in [6, 6.07) is 14.2. The van der Waals surface area contributed by atoms with Gasteiger partial charge in [-0.1, -0.05) is 6.07 Å². The lowest BCUT2D eigenvalue weighted by atomic mass is 10.2. The van der Waals surface area contributed by atoms with Gasteiger partial charge in [0.2, 0.25) is 0 Å². The van der Waals surface area contributed by atoms with Crippen molar-refractivity contribution in [3.05, 3.63) is 77.7 Å². The molecule has 134 valence electrons. The van der Waals surface area contributed by atoms with Crippen molar-refractivity contribution in [3.63, 3.8) is 0 Å². The first-order chi connectivity index (χ1) is 13.0. The number of carbonyl (C=O) groups is 1. The van der Waals surface area contributed by atoms with E-state index in [0.29, 0.717) is 28.3 Å². The molecule has 7 heteroatoms. The molecule has 0 aliphatic rings. The molecule has 0 aliphatic heterocycles. The number of hydrogen-bond donors (Lipinski definition) is 2. The van der Waals surface area contributed by atoms with Crippen LogP contribution in [0.4, 0.5) is 10.1 Å². The first kappa shape index (κ1) is 16.7. The molecule has 0 spiro atoms. The second-order valence-electron chi connectivity index (χ2n) is 6.12. The molecule has 27 heavy (non-hydrogen) atoms. The summed E-state index contributed by atoms with van der Waals surface area (Å²) in [4.78, 5) is 12.7. The number of nitrogens with one attached hydrogen (secondary N) is 1. The van der Waals surface area contributed by atoms with E-state index in [1.54, 1.807) is 53.1 Å². The molecule has 0 bridgehead atoms. The molecule has 4 rings (SSSR count). The van der Waals surface area contributed by atoms with Gasteiger partial charge in [0.1, 0.15) is 11.6 Å². The Morgan fingerprint density at radius 3 is 2.63 bits per heavy atom. The summed E-state index contributed by atoms with van der Waals surface area (Å²) in [5, 5.41) is 20.9. The van der Waals surface area contributed by atoms with Gasteiger partial charge in [-0.15, -0.1) is 10.2 Å². The zero-order valence-electron chi connectivity index (χ0n) is 14.3. The Morgan fingerprint density at radius 2 is 1.89 bits per heavy atom. The number of nitrogens with zero attached hydrogens (tertiary/aromatic N) is 3. The normalized spacial score (nSPS) is 10.9. The Morgan fingerprint density at radius 1 is 1.11 bits per heavy atom. The van der Waals surface area contributed by atoms with Gasteiger partial charge in [-0.3, -0.25) is 9.20 Å². The standard InChI is InChI=1S/C20H15FN4O2/c1-12-4-9-16(17(26)11-12)22-20(27)15-3-2-10-25-18(23-24-19(15)25)13-5-7-14(21)8-6-13/h2-11,26H,1H3,(H,22,27). The number of rotatable bonds is 3. The molecule has 0 aliphatic carbocycles. The monoisotopic (exact) mass is 362 g/mol. The van der Waals surface area contributed by atoms with Crippen molar-refractivity contribution < 1.29 is 14.3 Å². The van der Waals surface area contributed by atoms with E-state index in [2.05, 4.69) is 15.5 Å². The van der Waals surface area contributed by atoms with Gasteiger partial charge in [0.25, 0.3) is 5.91 Å². The zero-order valence-corrected chi connectivity index (χ0v) is 14.3. The molecule has 0 radical (unpaired) electrons. The van der Waals surface area contributed by atoms with Gasteiger partial charge in [-0.25, -0.2) is 4.39 Å². The van der Waals surface area contributed by atoms with Crippen LogP contribution in [-0.4, -0.2) is 25.6 Å². The van der Waals surface area contributed by atoms with Gasteiger partial charge in [-0.05, 0) is 61.0 Å². The highest BCUT2D eigenvalue weighted by molar-refractivity contribution is 6.08. The molecule has 1 amide bonds. The Kier molecular flexibility index (Phi) is 4.04. The first-order valence-corrected chi connectivity index (χ1v) is 8.23. The number of amides is 1. The van der Waals surface area contributed by atoms with Crippen LogP contribution >= 0.6 is 0 Å². The van der Waals surface area contributed by atoms with Crippen LogP contribution in [0, 0.1) is 12.7 Å². The SMILES string of the molecule is Cc1ccc(NC(=O)c2cccn3c(-c4ccc(F)cc4)nnc23)c(O)c1. The molecule has 6 nitrogen and oxygen atoms in total. The highest BCUT2D eigenvalue weighted by atomic mass is 19.1. The summed E-state index contributed by atoms with van der Waals surface area (Å²) < 4.78 is 14.8. The molecule has 0 fully saturated rings. The third-order valence-electron chi connectivity index (χ3n) is 4.18. The number of pyridine rings is 1. The highest BCUT2D eigenvalue weighted by Gasteiger charge is 2.17. The van der Waals surface area contributed by atoms with E-state index < -0.39 is 5.91 Å². The topological polar surface area (TPSA) is 79.5 Å². The highest BCUT2D eigenvalue weighted by Crippen LogP contribution is 2.25. The van der Waals surface area contributed by atoms with Gasteiger partial charge < -0.3 is 10.4 Å². The molecule has 0 saturated heterocycles. The quantitative estimate of drug-likeness (QED) is 0.543. The largest absolute Gasteiger partial charge is 0.506 e. The van der Waals surface area contributed by atoms with E-state index in [1.807, 2.05) is 6.92 Å². The molecule has 2 aromatic carbocycles. The van der Waals surface area contributed by atoms with Crippen LogP contribution in [0.15, 0.2) is 60.8 Å². The average Bonchev–Trinajstić information content (AvgIpc) is 3.09. The minimum atomic E-state index is -0.419. The molecule has 0 unspecified atom stereocenters. The number of phenols is 1. The van der Waals surface area contributed by atoms with Crippen LogP contribution in [-0.2, 0) is 0 Å². The predicted octanol–water partition coefficient (Wildman–Crippen LogP) is 3.80. The number of aryl methyl sites for hydroxylation is 1. The van der Waals surface area contributed by atoms with Crippen LogP contribution in [0.5, 0.6) is 5.75 Å². The van der Waals surface area contributed by atoms with Gasteiger partial charge >= 0.3 is 0 Å². The van der Waals surface area contributed by atoms with E-state index >= 15 is 0 Å². The van der Waals surface area contributed by atoms with Crippen molar-refractivity contribution in [1.82, 2.24) is 14.6 Å². The second kappa shape index (κ2) is 6.53. The van der Waals surface area contributed by atoms with Crippen LogP contribution in [0.2, 0.25) is 0 Å². The third kappa shape index (κ3) is 3.10. The number of aromatic nitrogens is 3. The van der Waals surface area contributed by atoms with Crippen molar-refractivity contribution in [1.29, 1.82) is 0 Å². The molecular formula is C20H15FN4O2. The fraction of sp³-hybridized carbons (Fsp3) is 0.0500. The maximum atomic E-state index is 13.2. The van der Waals surface area contributed by atoms with Crippen molar-refractivity contribution in [2.45, 2.75) is 6.92 Å². The Balaban J connectivity index is 1.72. The molecule has 0 saturated carbocycles. The first-order valence-electron chi connectivity index (χ1n) is 8.23. The van der Waals surface area contributed by atoms with E-state index in [9.17, 15) is 14.3 Å². The molecule has 2 N–H and O–H groups in total. The summed E-state index contributed by atoms with van der Waals surface area (Å²) in [5.74, 6) is -0.273. The lowest BCUT2D eigenvalue weighted by molar-refractivity contribution is 0.102. The van der Waals surface area contributed by atoms with Gasteiger partial charge in [0.15, 0.2) is 11.5 Å². The van der Waals surface area contributed by atoms with Gasteiger partial charge in [0, 0.05) is 11.8 Å².